The van der Waals surface area contributed by atoms with Gasteiger partial charge in [-0.05, 0) is 6.58 Å². The minimum Gasteiger partial charge on any atom is -0.421 e. The largest absolute Gasteiger partial charge is 0.421 e. The first-order valence-electron chi connectivity index (χ1n) is 2.77. The number of hydrogen-bond acceptors (Lipinski definition) is 3. The van der Waals surface area contributed by atoms with Crippen LogP contribution in [-0.2, 0) is 0 Å². The van der Waals surface area contributed by atoms with E-state index in [-0.39, 0.29) is 5.55 Å². The lowest BCUT2D eigenvalue weighted by atomic mass is 10.6. The van der Waals surface area contributed by atoms with E-state index in [4.69, 9.17) is 9.83 Å². The molecule has 0 saturated carbocycles. The van der Waals surface area contributed by atoms with Gasteiger partial charge in [0.15, 0.2) is 0 Å². The molecule has 0 amide bonds. The van der Waals surface area contributed by atoms with Gasteiger partial charge in [-0.15, -0.1) is 0 Å². The van der Waals surface area contributed by atoms with Gasteiger partial charge in [0, 0.05) is 0 Å². The number of aromatic nitrogens is 2. The van der Waals surface area contributed by atoms with Crippen LogP contribution in [0.15, 0.2) is 16.9 Å². The van der Waals surface area contributed by atoms with Crippen LogP contribution >= 0.6 is 0 Å². The van der Waals surface area contributed by atoms with Crippen LogP contribution in [0.25, 0.3) is 12.1 Å². The SMILES string of the molecule is C=c1oc(=N)c2cncn12. The molecule has 0 aliphatic carbocycles. The van der Waals surface area contributed by atoms with Crippen LogP contribution in [0.4, 0.5) is 0 Å². The van der Waals surface area contributed by atoms with E-state index < -0.39 is 0 Å². The lowest BCUT2D eigenvalue weighted by molar-refractivity contribution is 0.464. The normalized spacial score (nSPS) is 10.8. The van der Waals surface area contributed by atoms with E-state index in [0.717, 1.165) is 0 Å². The highest BCUT2D eigenvalue weighted by Gasteiger charge is 1.98. The minimum absolute atomic E-state index is 0.113. The summed E-state index contributed by atoms with van der Waals surface area (Å²) >= 11 is 0. The molecule has 0 fully saturated rings. The van der Waals surface area contributed by atoms with Gasteiger partial charge in [-0.25, -0.2) is 4.98 Å². The third-order valence-electron chi connectivity index (χ3n) is 1.36. The number of hydrogen-bond donors (Lipinski definition) is 1. The maximum Gasteiger partial charge on any atom is 0.239 e. The molecule has 10 heavy (non-hydrogen) atoms. The Morgan fingerprint density at radius 3 is 3.20 bits per heavy atom. The number of nitrogens with zero attached hydrogens (tertiary/aromatic N) is 2. The van der Waals surface area contributed by atoms with Crippen LogP contribution in [0.1, 0.15) is 0 Å². The van der Waals surface area contributed by atoms with E-state index in [1.165, 1.54) is 0 Å². The van der Waals surface area contributed by atoms with Crippen molar-refractivity contribution in [1.29, 1.82) is 5.41 Å². The average molecular weight is 135 g/mol. The summed E-state index contributed by atoms with van der Waals surface area (Å²) in [5, 5.41) is 7.23. The molecule has 4 nitrogen and oxygen atoms in total. The lowest BCUT2D eigenvalue weighted by Gasteiger charge is -1.72. The van der Waals surface area contributed by atoms with E-state index in [1.807, 2.05) is 0 Å². The molecule has 0 aromatic carbocycles. The number of fused-ring (bicyclic) bond motifs is 1. The summed E-state index contributed by atoms with van der Waals surface area (Å²) in [6, 6.07) is 0. The highest BCUT2D eigenvalue weighted by Crippen LogP contribution is 1.87. The van der Waals surface area contributed by atoms with Gasteiger partial charge < -0.3 is 4.42 Å². The number of nitrogens with one attached hydrogen (secondary N) is 1. The van der Waals surface area contributed by atoms with Gasteiger partial charge in [-0.1, -0.05) is 0 Å². The molecular formula is C6H5N3O. The van der Waals surface area contributed by atoms with Crippen LogP contribution in [0.3, 0.4) is 0 Å². The van der Waals surface area contributed by atoms with Crippen LogP contribution < -0.4 is 11.1 Å². The first-order valence-corrected chi connectivity index (χ1v) is 2.77. The van der Waals surface area contributed by atoms with Crippen LogP contribution in [0, 0.1) is 5.41 Å². The molecule has 2 aromatic heterocycles. The van der Waals surface area contributed by atoms with Gasteiger partial charge in [0.2, 0.25) is 11.1 Å². The van der Waals surface area contributed by atoms with E-state index >= 15 is 0 Å². The molecule has 0 unspecified atom stereocenters. The van der Waals surface area contributed by atoms with Crippen LogP contribution in [0.2, 0.25) is 0 Å². The fourth-order valence-corrected chi connectivity index (χ4v) is 0.881. The summed E-state index contributed by atoms with van der Waals surface area (Å²) in [6.07, 6.45) is 3.14. The van der Waals surface area contributed by atoms with Crippen molar-refractivity contribution in [2.24, 2.45) is 0 Å². The molecule has 50 valence electrons. The van der Waals surface area contributed by atoms with Crippen molar-refractivity contribution in [2.45, 2.75) is 0 Å². The summed E-state index contributed by atoms with van der Waals surface area (Å²) < 4.78 is 6.51. The van der Waals surface area contributed by atoms with Gasteiger partial charge in [-0.3, -0.25) is 9.81 Å². The Balaban J connectivity index is 3.28. The third kappa shape index (κ3) is 0.452. The molecule has 1 N–H and O–H groups in total. The molecule has 0 aliphatic rings. The Morgan fingerprint density at radius 2 is 2.50 bits per heavy atom. The highest BCUT2D eigenvalue weighted by atomic mass is 16.3. The zero-order chi connectivity index (χ0) is 7.14. The molecule has 0 radical (unpaired) electrons. The van der Waals surface area contributed by atoms with Gasteiger partial charge in [0.05, 0.1) is 6.20 Å². The highest BCUT2D eigenvalue weighted by molar-refractivity contribution is 5.39. The second kappa shape index (κ2) is 1.47. The summed E-state index contributed by atoms with van der Waals surface area (Å²) in [4.78, 5) is 3.83. The average Bonchev–Trinajstić information content (AvgIpc) is 2.39. The Kier molecular flexibility index (Phi) is 0.768. The fourth-order valence-electron chi connectivity index (χ4n) is 0.881. The molecule has 0 spiro atoms. The smallest absolute Gasteiger partial charge is 0.239 e. The van der Waals surface area contributed by atoms with Crippen molar-refractivity contribution < 1.29 is 4.42 Å². The van der Waals surface area contributed by atoms with Crippen molar-refractivity contribution in [1.82, 2.24) is 9.38 Å². The zero-order valence-electron chi connectivity index (χ0n) is 5.16. The predicted molar refractivity (Wildman–Crippen MR) is 34.1 cm³/mol. The lowest BCUT2D eigenvalue weighted by Crippen LogP contribution is -2.01. The van der Waals surface area contributed by atoms with Crippen LogP contribution in [0.5, 0.6) is 0 Å². The zero-order valence-corrected chi connectivity index (χ0v) is 5.16. The molecular weight excluding hydrogens is 130 g/mol. The van der Waals surface area contributed by atoms with Gasteiger partial charge in [0.25, 0.3) is 0 Å². The van der Waals surface area contributed by atoms with Crippen molar-refractivity contribution >= 4 is 12.1 Å². The topological polar surface area (TPSA) is 54.3 Å². The van der Waals surface area contributed by atoms with Crippen molar-refractivity contribution in [3.05, 3.63) is 23.6 Å². The molecule has 2 rings (SSSR count). The second-order valence-corrected chi connectivity index (χ2v) is 1.97. The van der Waals surface area contributed by atoms with Crippen molar-refractivity contribution in [3.63, 3.8) is 0 Å². The Bertz CT molecular complexity index is 413. The second-order valence-electron chi connectivity index (χ2n) is 1.97. The summed E-state index contributed by atoms with van der Waals surface area (Å²) in [5.41, 5.74) is 1.21. The van der Waals surface area contributed by atoms with Crippen molar-refractivity contribution in [2.75, 3.05) is 0 Å². The number of oxazole rings is 1. The van der Waals surface area contributed by atoms with Gasteiger partial charge in [-0.2, -0.15) is 0 Å². The van der Waals surface area contributed by atoms with Gasteiger partial charge in [0.1, 0.15) is 11.8 Å². The molecule has 2 heterocycles. The summed E-state index contributed by atoms with van der Waals surface area (Å²) in [6.45, 7) is 3.58. The standard InChI is InChI=1S/C6H5N3O/c1-4-9-3-8-2-5(9)6(7)10-4/h2-3,7H,1H2. The van der Waals surface area contributed by atoms with E-state index in [0.29, 0.717) is 11.1 Å². The van der Waals surface area contributed by atoms with E-state index in [2.05, 4.69) is 11.6 Å². The number of imidazole rings is 1. The number of rotatable bonds is 0. The van der Waals surface area contributed by atoms with E-state index in [1.54, 1.807) is 16.9 Å². The predicted octanol–water partition coefficient (Wildman–Crippen LogP) is -0.464. The summed E-state index contributed by atoms with van der Waals surface area (Å²) in [5.74, 6) is 0. The monoisotopic (exact) mass is 135 g/mol. The maximum atomic E-state index is 7.23. The first kappa shape index (κ1) is 5.22. The third-order valence-corrected chi connectivity index (χ3v) is 1.36. The fraction of sp³-hybridized carbons (Fsp3) is 0. The van der Waals surface area contributed by atoms with E-state index in [9.17, 15) is 0 Å². The molecule has 0 saturated heterocycles. The molecule has 2 aromatic rings. The maximum absolute atomic E-state index is 7.23. The van der Waals surface area contributed by atoms with Gasteiger partial charge >= 0.3 is 0 Å². The molecule has 0 aliphatic heterocycles. The summed E-state index contributed by atoms with van der Waals surface area (Å²) in [7, 11) is 0. The molecule has 0 atom stereocenters. The molecule has 4 heteroatoms. The Morgan fingerprint density at radius 1 is 1.70 bits per heavy atom. The Hall–Kier alpha value is -1.58. The minimum atomic E-state index is 0.113. The first-order chi connectivity index (χ1) is 4.79. The molecule has 0 bridgehead atoms. The van der Waals surface area contributed by atoms with Crippen LogP contribution in [-0.4, -0.2) is 9.38 Å². The Labute approximate surface area is 55.9 Å². The quantitative estimate of drug-likeness (QED) is 0.531. The van der Waals surface area contributed by atoms with Crippen molar-refractivity contribution in [3.8, 4) is 0 Å².